The number of phenols is 3. The number of carbonyl (C=O) groups excluding carboxylic acids is 1. The molecule has 0 saturated heterocycles. The summed E-state index contributed by atoms with van der Waals surface area (Å²) in [5.74, 6) is 7.25. The van der Waals surface area contributed by atoms with Gasteiger partial charge >= 0.3 is 5.97 Å². The van der Waals surface area contributed by atoms with Crippen molar-refractivity contribution in [2.45, 2.75) is 274 Å². The summed E-state index contributed by atoms with van der Waals surface area (Å²) in [6, 6.07) is 57.4. The number of phenolic OH excluding ortho intramolecular Hbond substituents is 3. The third-order valence-electron chi connectivity index (χ3n) is 19.5. The zero-order chi connectivity index (χ0) is 71.8. The van der Waals surface area contributed by atoms with Gasteiger partial charge in [-0.3, -0.25) is 4.79 Å². The van der Waals surface area contributed by atoms with Crippen LogP contribution in [0.25, 0.3) is 0 Å². The topological polar surface area (TPSA) is 133 Å². The lowest BCUT2D eigenvalue weighted by molar-refractivity contribution is -0.159. The summed E-state index contributed by atoms with van der Waals surface area (Å²) >= 11 is 0. The molecule has 2 aliphatic rings. The van der Waals surface area contributed by atoms with Crippen LogP contribution >= 0.6 is 0 Å². The molecule has 2 fully saturated rings. The van der Waals surface area contributed by atoms with Crippen molar-refractivity contribution in [3.8, 4) is 34.5 Å². The van der Waals surface area contributed by atoms with E-state index in [-0.39, 0.29) is 24.7 Å². The largest absolute Gasteiger partial charge is 0.508 e. The average molecular weight is 1340 g/mol. The van der Waals surface area contributed by atoms with Crippen LogP contribution in [-0.4, -0.2) is 53.2 Å². The van der Waals surface area contributed by atoms with Crippen molar-refractivity contribution in [1.82, 2.24) is 0 Å². The molecule has 10 heteroatoms. The van der Waals surface area contributed by atoms with Gasteiger partial charge in [-0.1, -0.05) is 218 Å². The summed E-state index contributed by atoms with van der Waals surface area (Å²) in [5, 5.41) is 27.0. The van der Waals surface area contributed by atoms with Crippen LogP contribution in [0.5, 0.6) is 34.5 Å². The van der Waals surface area contributed by atoms with Gasteiger partial charge in [0.15, 0.2) is 12.6 Å². The number of hydrogen-bond acceptors (Lipinski definition) is 10. The molecule has 0 spiro atoms. The number of benzene rings is 7. The van der Waals surface area contributed by atoms with Crippen LogP contribution in [0.2, 0.25) is 0 Å². The highest BCUT2D eigenvalue weighted by Gasteiger charge is 2.29. The van der Waals surface area contributed by atoms with Crippen LogP contribution in [0, 0.1) is 5.41 Å². The van der Waals surface area contributed by atoms with Crippen molar-refractivity contribution in [2.75, 3.05) is 13.2 Å². The minimum absolute atomic E-state index is 0.133. The predicted molar refractivity (Wildman–Crippen MR) is 408 cm³/mol. The second-order valence-corrected chi connectivity index (χ2v) is 27.5. The average Bonchev–Trinajstić information content (AvgIpc) is 2.89. The molecule has 0 radical (unpaired) electrons. The summed E-state index contributed by atoms with van der Waals surface area (Å²) < 4.78 is 34.7. The highest BCUT2D eigenvalue weighted by Crippen LogP contribution is 2.34. The van der Waals surface area contributed by atoms with Crippen LogP contribution in [0.4, 0.5) is 0 Å². The lowest BCUT2D eigenvalue weighted by Gasteiger charge is -2.26. The summed E-state index contributed by atoms with van der Waals surface area (Å²) in [6.45, 7) is 34.6. The maximum absolute atomic E-state index is 11.9. The lowest BCUT2D eigenvalue weighted by Crippen LogP contribution is -2.26. The van der Waals surface area contributed by atoms with E-state index in [0.717, 1.165) is 60.8 Å². The van der Waals surface area contributed by atoms with E-state index in [9.17, 15) is 4.79 Å². The fourth-order valence-electron chi connectivity index (χ4n) is 11.2. The maximum Gasteiger partial charge on any atom is 0.312 e. The summed E-state index contributed by atoms with van der Waals surface area (Å²) in [5.41, 5.74) is 8.69. The van der Waals surface area contributed by atoms with Gasteiger partial charge in [-0.25, -0.2) is 0 Å². The monoisotopic (exact) mass is 1340 g/mol. The molecule has 0 bridgehead atoms. The maximum atomic E-state index is 11.9. The number of rotatable bonds is 26. The van der Waals surface area contributed by atoms with Crippen LogP contribution in [-0.2, 0) is 19.0 Å². The zero-order valence-electron chi connectivity index (χ0n) is 62.9. The smallest absolute Gasteiger partial charge is 0.312 e. The molecule has 7 aromatic rings. The Balaban J connectivity index is 0.000000261. The predicted octanol–water partition coefficient (Wildman–Crippen LogP) is 24.8. The molecule has 0 aliphatic heterocycles. The molecule has 0 amide bonds. The van der Waals surface area contributed by atoms with Gasteiger partial charge in [0.25, 0.3) is 0 Å². The van der Waals surface area contributed by atoms with Crippen LogP contribution in [0.15, 0.2) is 176 Å². The zero-order valence-corrected chi connectivity index (χ0v) is 62.9. The van der Waals surface area contributed by atoms with Crippen molar-refractivity contribution in [1.29, 1.82) is 0 Å². The molecule has 0 aromatic heterocycles. The first-order valence-electron chi connectivity index (χ1n) is 37.2. The van der Waals surface area contributed by atoms with Gasteiger partial charge in [-0.05, 0) is 246 Å². The second-order valence-electron chi connectivity index (χ2n) is 27.5. The number of esters is 1. The Labute approximate surface area is 593 Å². The van der Waals surface area contributed by atoms with Crippen LogP contribution in [0.1, 0.15) is 294 Å². The minimum atomic E-state index is -0.400. The molecule has 0 heterocycles. The highest BCUT2D eigenvalue weighted by atomic mass is 16.7. The van der Waals surface area contributed by atoms with Crippen molar-refractivity contribution >= 4 is 5.97 Å². The third kappa shape index (κ3) is 31.7. The molecule has 3 N–H and O–H groups in total. The van der Waals surface area contributed by atoms with Gasteiger partial charge in [0, 0.05) is 0 Å². The Morgan fingerprint density at radius 3 is 1.12 bits per heavy atom. The molecule has 8 unspecified atom stereocenters. The molecule has 8 atom stereocenters. The Morgan fingerprint density at radius 1 is 0.408 bits per heavy atom. The van der Waals surface area contributed by atoms with Gasteiger partial charge in [-0.15, -0.1) is 0 Å². The Hall–Kier alpha value is -7.27. The molecule has 2 aliphatic carbocycles. The molecule has 2 saturated carbocycles. The number of aromatic hydroxyl groups is 3. The second kappa shape index (κ2) is 46.1. The van der Waals surface area contributed by atoms with Gasteiger partial charge in [0.2, 0.25) is 0 Å². The van der Waals surface area contributed by atoms with Crippen molar-refractivity contribution in [3.63, 3.8) is 0 Å². The minimum Gasteiger partial charge on any atom is -0.508 e. The van der Waals surface area contributed by atoms with E-state index in [4.69, 9.17) is 43.7 Å². The molecule has 7 aromatic carbocycles. The van der Waals surface area contributed by atoms with Gasteiger partial charge in [-0.2, -0.15) is 0 Å². The number of carbonyl (C=O) groups is 1. The first-order valence-corrected chi connectivity index (χ1v) is 37.2. The first-order chi connectivity index (χ1) is 47.0. The Bertz CT molecular complexity index is 3010. The van der Waals surface area contributed by atoms with E-state index in [1.165, 1.54) is 104 Å². The SMILES string of the molecule is CCC(C)(C)C(=O)OC(C)c1ccccc1.CCC(C)c1ccc(O)cc1.CCC(C)c1ccc(O)cc1.CCC(C)c1ccc(O)cc1.CCC(C)c1ccc(OC(C)OC2CCCCC2)cc1.CCC(C)c1ccc(OC(C)OCCOc2ccc(C3CCCCC3)cc2)cc1. The van der Waals surface area contributed by atoms with E-state index in [2.05, 4.69) is 130 Å². The summed E-state index contributed by atoms with van der Waals surface area (Å²) in [4.78, 5) is 11.9. The van der Waals surface area contributed by atoms with E-state index >= 15 is 0 Å². The molecule has 10 nitrogen and oxygen atoms in total. The van der Waals surface area contributed by atoms with Gasteiger partial charge in [0.05, 0.1) is 18.1 Å². The number of hydrogen-bond donors (Lipinski definition) is 3. The van der Waals surface area contributed by atoms with Gasteiger partial charge < -0.3 is 43.7 Å². The summed E-state index contributed by atoms with van der Waals surface area (Å²) in [6.07, 6.45) is 19.3. The summed E-state index contributed by atoms with van der Waals surface area (Å²) in [7, 11) is 0. The third-order valence-corrected chi connectivity index (χ3v) is 19.5. The van der Waals surface area contributed by atoms with Gasteiger partial charge in [0.1, 0.15) is 47.2 Å². The van der Waals surface area contributed by atoms with E-state index in [1.807, 2.05) is 120 Å². The standard InChI is InChI=1S/C26H36O3.C18H28O2.C14H20O2.3C10H14O/c1-4-20(2)22-10-16-26(17-11-22)29-21(3)27-18-19-28-25-14-12-24(13-15-25)23-8-6-5-7-9-23;1-4-14(2)16-10-12-18(13-11-16)20-15(3)19-17-8-6-5-7-9-17;1-5-14(3,4)13(15)16-11(2)12-9-7-6-8-10-12;3*1-3-8(2)9-4-6-10(11)7-5-9/h10-17,20-21,23H,4-9,18-19H2,1-3H3;10-15,17H,4-9H2,1-3H3;6-11H,5H2,1-4H3;3*4-8,11H,3H2,1-2H3. The van der Waals surface area contributed by atoms with E-state index in [1.54, 1.807) is 36.4 Å². The molecule has 9 rings (SSSR count). The Morgan fingerprint density at radius 2 is 0.755 bits per heavy atom. The van der Waals surface area contributed by atoms with E-state index < -0.39 is 5.41 Å². The lowest BCUT2D eigenvalue weighted by atomic mass is 9.84. The fourth-order valence-corrected chi connectivity index (χ4v) is 11.2. The fraction of sp³-hybridized carbons (Fsp3) is 0.511. The molecule has 98 heavy (non-hydrogen) atoms. The normalized spacial score (nSPS) is 15.5. The van der Waals surface area contributed by atoms with E-state index in [0.29, 0.717) is 66.2 Å². The molecule has 538 valence electrons. The molecular formula is C88H126O10. The molecular weight excluding hydrogens is 1220 g/mol. The quantitative estimate of drug-likeness (QED) is 0.0273. The van der Waals surface area contributed by atoms with Crippen molar-refractivity contribution in [2.24, 2.45) is 5.41 Å². The van der Waals surface area contributed by atoms with Crippen LogP contribution < -0.4 is 14.2 Å². The number of ether oxygens (including phenoxy) is 6. The van der Waals surface area contributed by atoms with Crippen LogP contribution in [0.3, 0.4) is 0 Å². The first kappa shape index (κ1) is 83.2. The van der Waals surface area contributed by atoms with Crippen molar-refractivity contribution < 1.29 is 48.5 Å². The highest BCUT2D eigenvalue weighted by molar-refractivity contribution is 5.76. The van der Waals surface area contributed by atoms with Crippen molar-refractivity contribution in [3.05, 3.63) is 215 Å². The Kier molecular flexibility index (Phi) is 39.2.